The number of benzene rings is 2. The molecule has 4 nitrogen and oxygen atoms in total. The highest BCUT2D eigenvalue weighted by atomic mass is 16.1. The van der Waals surface area contributed by atoms with E-state index >= 15 is 0 Å². The van der Waals surface area contributed by atoms with Crippen LogP contribution < -0.4 is 0 Å². The Balaban J connectivity index is 1.95. The molecule has 2 aromatic carbocycles. The fourth-order valence-corrected chi connectivity index (χ4v) is 2.83. The lowest BCUT2D eigenvalue weighted by Gasteiger charge is -2.09. The molecule has 0 saturated carbocycles. The molecule has 0 saturated heterocycles. The number of aromatic nitrogens is 3. The first-order chi connectivity index (χ1) is 11.2. The molecule has 0 aliphatic rings. The van der Waals surface area contributed by atoms with Gasteiger partial charge in [0.15, 0.2) is 6.29 Å². The number of hydrogen-bond donors (Lipinski definition) is 0. The third kappa shape index (κ3) is 3.37. The molecular weight excluding hydrogens is 286 g/mol. The van der Waals surface area contributed by atoms with Crippen molar-refractivity contribution in [1.82, 2.24) is 15.0 Å². The maximum atomic E-state index is 11.3. The summed E-state index contributed by atoms with van der Waals surface area (Å²) in [7, 11) is 0. The van der Waals surface area contributed by atoms with E-state index in [0.29, 0.717) is 5.69 Å². The summed E-state index contributed by atoms with van der Waals surface area (Å²) in [5.74, 6) is 0. The number of aryl methyl sites for hydroxylation is 3. The van der Waals surface area contributed by atoms with Crippen LogP contribution in [0.15, 0.2) is 48.5 Å². The van der Waals surface area contributed by atoms with Crippen LogP contribution >= 0.6 is 0 Å². The number of aldehydes is 1. The average Bonchev–Trinajstić information content (AvgIpc) is 2.96. The number of hydrogen-bond acceptors (Lipinski definition) is 3. The maximum Gasteiger partial charge on any atom is 0.172 e. The summed E-state index contributed by atoms with van der Waals surface area (Å²) < 4.78 is 1.78. The van der Waals surface area contributed by atoms with Crippen LogP contribution in [0.1, 0.15) is 32.9 Å². The molecular formula is C19H19N3O. The van der Waals surface area contributed by atoms with Gasteiger partial charge in [0.2, 0.25) is 0 Å². The highest BCUT2D eigenvalue weighted by Crippen LogP contribution is 2.17. The minimum atomic E-state index is 0.417. The van der Waals surface area contributed by atoms with Crippen LogP contribution in [0.3, 0.4) is 0 Å². The molecule has 0 atom stereocenters. The monoisotopic (exact) mass is 305 g/mol. The Bertz CT molecular complexity index is 802. The van der Waals surface area contributed by atoms with E-state index in [1.807, 2.05) is 18.2 Å². The van der Waals surface area contributed by atoms with Crippen molar-refractivity contribution in [1.29, 1.82) is 0 Å². The fraction of sp³-hybridized carbons (Fsp3) is 0.211. The van der Waals surface area contributed by atoms with E-state index in [4.69, 9.17) is 0 Å². The highest BCUT2D eigenvalue weighted by Gasteiger charge is 2.14. The maximum absolute atomic E-state index is 11.3. The lowest BCUT2D eigenvalue weighted by molar-refractivity contribution is 0.111. The number of nitrogens with zero attached hydrogens (tertiary/aromatic N) is 3. The highest BCUT2D eigenvalue weighted by molar-refractivity contribution is 5.73. The van der Waals surface area contributed by atoms with Crippen LogP contribution in [-0.4, -0.2) is 21.3 Å². The quantitative estimate of drug-likeness (QED) is 0.678. The molecule has 0 amide bonds. The minimum Gasteiger partial charge on any atom is -0.296 e. The van der Waals surface area contributed by atoms with E-state index in [2.05, 4.69) is 54.5 Å². The molecule has 1 aromatic heterocycles. The number of rotatable bonds is 5. The molecule has 0 spiro atoms. The Morgan fingerprint density at radius 1 is 1.00 bits per heavy atom. The summed E-state index contributed by atoms with van der Waals surface area (Å²) >= 11 is 0. The molecule has 3 rings (SSSR count). The smallest absolute Gasteiger partial charge is 0.172 e. The van der Waals surface area contributed by atoms with Gasteiger partial charge in [0.1, 0.15) is 5.69 Å². The van der Waals surface area contributed by atoms with Gasteiger partial charge in [0.05, 0.1) is 11.4 Å². The first kappa shape index (κ1) is 15.2. The van der Waals surface area contributed by atoms with Crippen molar-refractivity contribution in [2.75, 3.05) is 0 Å². The number of carbonyl (C=O) groups excluding carboxylic acids is 1. The molecule has 23 heavy (non-hydrogen) atoms. The molecule has 0 fully saturated rings. The van der Waals surface area contributed by atoms with Gasteiger partial charge in [-0.05, 0) is 55.5 Å². The second-order valence-corrected chi connectivity index (χ2v) is 5.78. The van der Waals surface area contributed by atoms with Gasteiger partial charge in [0.25, 0.3) is 0 Å². The van der Waals surface area contributed by atoms with Crippen LogP contribution in [0.5, 0.6) is 0 Å². The largest absolute Gasteiger partial charge is 0.296 e. The van der Waals surface area contributed by atoms with Crippen LogP contribution in [0, 0.1) is 13.8 Å². The Morgan fingerprint density at radius 3 is 2.35 bits per heavy atom. The van der Waals surface area contributed by atoms with Crippen molar-refractivity contribution < 1.29 is 4.79 Å². The van der Waals surface area contributed by atoms with Crippen molar-refractivity contribution in [2.24, 2.45) is 0 Å². The first-order valence-corrected chi connectivity index (χ1v) is 7.70. The molecule has 0 N–H and O–H groups in total. The van der Waals surface area contributed by atoms with Gasteiger partial charge in [-0.3, -0.25) is 4.79 Å². The summed E-state index contributed by atoms with van der Waals surface area (Å²) in [4.78, 5) is 11.3. The molecule has 4 heteroatoms. The normalized spacial score (nSPS) is 10.7. The van der Waals surface area contributed by atoms with E-state index < -0.39 is 0 Å². The van der Waals surface area contributed by atoms with Gasteiger partial charge in [-0.25, -0.2) is 4.68 Å². The lowest BCUT2D eigenvalue weighted by atomic mass is 10.1. The predicted octanol–water partition coefficient (Wildman–Crippen LogP) is 3.48. The number of carbonyl (C=O) groups is 1. The Kier molecular flexibility index (Phi) is 4.33. The van der Waals surface area contributed by atoms with Crippen molar-refractivity contribution in [2.45, 2.75) is 26.7 Å². The van der Waals surface area contributed by atoms with E-state index in [1.165, 1.54) is 5.56 Å². The topological polar surface area (TPSA) is 47.8 Å². The summed E-state index contributed by atoms with van der Waals surface area (Å²) in [6.45, 7) is 4.11. The molecule has 1 heterocycles. The van der Waals surface area contributed by atoms with Crippen LogP contribution in [-0.2, 0) is 12.8 Å². The second-order valence-electron chi connectivity index (χ2n) is 5.78. The van der Waals surface area contributed by atoms with Crippen LogP contribution in [0.25, 0.3) is 5.69 Å². The predicted molar refractivity (Wildman–Crippen MR) is 90.1 cm³/mol. The van der Waals surface area contributed by atoms with Crippen LogP contribution in [0.4, 0.5) is 0 Å². The summed E-state index contributed by atoms with van der Waals surface area (Å²) in [5, 5.41) is 8.21. The van der Waals surface area contributed by atoms with Gasteiger partial charge < -0.3 is 0 Å². The second kappa shape index (κ2) is 6.57. The van der Waals surface area contributed by atoms with Gasteiger partial charge in [0, 0.05) is 0 Å². The summed E-state index contributed by atoms with van der Waals surface area (Å²) in [6.07, 6.45) is 2.35. The summed E-state index contributed by atoms with van der Waals surface area (Å²) in [5.41, 5.74) is 5.78. The van der Waals surface area contributed by atoms with Crippen molar-refractivity contribution in [3.05, 3.63) is 76.6 Å². The molecule has 116 valence electrons. The van der Waals surface area contributed by atoms with E-state index in [9.17, 15) is 4.79 Å². The van der Waals surface area contributed by atoms with Gasteiger partial charge in [-0.2, -0.15) is 0 Å². The van der Waals surface area contributed by atoms with Crippen molar-refractivity contribution in [3.63, 3.8) is 0 Å². The summed E-state index contributed by atoms with van der Waals surface area (Å²) in [6, 6.07) is 16.5. The van der Waals surface area contributed by atoms with Gasteiger partial charge >= 0.3 is 0 Å². The molecule has 0 unspecified atom stereocenters. The third-order valence-corrected chi connectivity index (χ3v) is 3.85. The van der Waals surface area contributed by atoms with Crippen LogP contribution in [0.2, 0.25) is 0 Å². The zero-order valence-corrected chi connectivity index (χ0v) is 13.4. The Morgan fingerprint density at radius 2 is 1.70 bits per heavy atom. The minimum absolute atomic E-state index is 0.417. The Labute approximate surface area is 135 Å². The zero-order valence-electron chi connectivity index (χ0n) is 13.4. The van der Waals surface area contributed by atoms with E-state index in [1.54, 1.807) is 4.68 Å². The standard InChI is InChI=1S/C19H19N3O/c1-14-10-15(2)12-17(11-14)22-19(18(13-23)20-21-22)9-8-16-6-4-3-5-7-16/h3-7,10-13H,8-9H2,1-2H3. The molecule has 0 aliphatic carbocycles. The van der Waals surface area contributed by atoms with E-state index in [0.717, 1.165) is 41.6 Å². The lowest BCUT2D eigenvalue weighted by Crippen LogP contribution is -2.06. The van der Waals surface area contributed by atoms with Crippen molar-refractivity contribution in [3.8, 4) is 5.69 Å². The van der Waals surface area contributed by atoms with E-state index in [-0.39, 0.29) is 0 Å². The Hall–Kier alpha value is -2.75. The molecule has 0 radical (unpaired) electrons. The van der Waals surface area contributed by atoms with Crippen molar-refractivity contribution >= 4 is 6.29 Å². The zero-order chi connectivity index (χ0) is 16.2. The first-order valence-electron chi connectivity index (χ1n) is 7.70. The third-order valence-electron chi connectivity index (χ3n) is 3.85. The van der Waals surface area contributed by atoms with Gasteiger partial charge in [-0.15, -0.1) is 5.10 Å². The molecule has 0 aliphatic heterocycles. The SMILES string of the molecule is Cc1cc(C)cc(-n2nnc(C=O)c2CCc2ccccc2)c1. The molecule has 0 bridgehead atoms. The fourth-order valence-electron chi connectivity index (χ4n) is 2.83. The molecule has 3 aromatic rings. The average molecular weight is 305 g/mol. The van der Waals surface area contributed by atoms with Gasteiger partial charge in [-0.1, -0.05) is 41.6 Å².